The molecule has 5 N–H and O–H groups in total. The van der Waals surface area contributed by atoms with Crippen molar-refractivity contribution in [1.82, 2.24) is 25.5 Å². The number of carbonyl (C=O) groups excluding carboxylic acids is 1. The topological polar surface area (TPSA) is 139 Å². The summed E-state index contributed by atoms with van der Waals surface area (Å²) in [7, 11) is -1.42. The molecule has 2 aromatic rings. The molecule has 1 amide bonds. The Bertz CT molecular complexity index is 877. The number of carbonyl (C=O) groups is 1. The Hall–Kier alpha value is -2.36. The molecular weight excluding hydrogens is 453 g/mol. The van der Waals surface area contributed by atoms with E-state index in [-0.39, 0.29) is 24.6 Å². The number of hydrogen-bond donors (Lipinski definition) is 4. The minimum absolute atomic E-state index is 0. The molecule has 0 aliphatic carbocycles. The predicted molar refractivity (Wildman–Crippen MR) is 98.9 cm³/mol. The molecule has 1 atom stereocenters. The zero-order valence-corrected chi connectivity index (χ0v) is 16.7. The lowest BCUT2D eigenvalue weighted by Crippen LogP contribution is -2.30. The molecule has 1 unspecified atom stereocenters. The highest BCUT2D eigenvalue weighted by Crippen LogP contribution is 2.23. The van der Waals surface area contributed by atoms with Gasteiger partial charge in [-0.2, -0.15) is 0 Å². The van der Waals surface area contributed by atoms with Gasteiger partial charge in [-0.25, -0.2) is 26.6 Å². The van der Waals surface area contributed by atoms with Crippen molar-refractivity contribution in [3.8, 4) is 0 Å². The Morgan fingerprint density at radius 2 is 1.65 bits per heavy atom. The number of benzene rings is 1. The highest BCUT2D eigenvalue weighted by atomic mass is 35.5. The quantitative estimate of drug-likeness (QED) is 0.132. The van der Waals surface area contributed by atoms with Crippen LogP contribution in [0.3, 0.4) is 0 Å². The molecule has 2 rings (SSSR count). The Balaban J connectivity index is 0.00000480. The van der Waals surface area contributed by atoms with Crippen molar-refractivity contribution in [1.29, 1.82) is 0 Å². The molecule has 0 fully saturated rings. The van der Waals surface area contributed by atoms with Crippen molar-refractivity contribution < 1.29 is 36.8 Å². The van der Waals surface area contributed by atoms with E-state index >= 15 is 0 Å². The molecule has 0 aliphatic heterocycles. The van der Waals surface area contributed by atoms with E-state index in [0.29, 0.717) is 19.3 Å². The monoisotopic (exact) mass is 472 g/mol. The summed E-state index contributed by atoms with van der Waals surface area (Å²) in [6.45, 7) is -1.46. The molecule has 0 radical (unpaired) electrons. The van der Waals surface area contributed by atoms with Crippen molar-refractivity contribution in [3.05, 3.63) is 40.5 Å². The first-order valence-electron chi connectivity index (χ1n) is 8.78. The fraction of sp³-hybridized carbons (Fsp3) is 0.467. The van der Waals surface area contributed by atoms with Crippen molar-refractivity contribution in [2.24, 2.45) is 5.73 Å². The van der Waals surface area contributed by atoms with E-state index in [2.05, 4.69) is 15.5 Å². The number of amides is 1. The maximum absolute atomic E-state index is 13.6. The summed E-state index contributed by atoms with van der Waals surface area (Å²) in [5.41, 5.74) is 4.77. The van der Waals surface area contributed by atoms with Crippen LogP contribution in [0.25, 0.3) is 0 Å². The van der Waals surface area contributed by atoms with E-state index in [1.54, 1.807) is 0 Å². The van der Waals surface area contributed by atoms with Gasteiger partial charge in [0.05, 0.1) is 6.04 Å². The average molecular weight is 473 g/mol. The number of nitrogens with two attached hydrogens (primary N) is 1. The zero-order chi connectivity index (χ0) is 22.4. The number of nitrogens with one attached hydrogen (secondary N) is 1. The third-order valence-corrected chi connectivity index (χ3v) is 4.18. The molecule has 172 valence electrons. The lowest BCUT2D eigenvalue weighted by Gasteiger charge is -2.12. The molecule has 9 nitrogen and oxygen atoms in total. The molecule has 0 saturated carbocycles. The van der Waals surface area contributed by atoms with Crippen LogP contribution in [0.5, 0.6) is 0 Å². The van der Waals surface area contributed by atoms with Crippen LogP contribution in [-0.2, 0) is 17.9 Å². The Morgan fingerprint density at radius 3 is 2.23 bits per heavy atom. The normalized spacial score (nSPS) is 11.7. The number of tetrazole rings is 1. The smallest absolute Gasteiger partial charge is 0.427 e. The van der Waals surface area contributed by atoms with E-state index < -0.39 is 66.8 Å². The summed E-state index contributed by atoms with van der Waals surface area (Å²) < 4.78 is 67.7. The maximum atomic E-state index is 13.6. The second kappa shape index (κ2) is 11.9. The molecule has 1 aromatic heterocycles. The van der Waals surface area contributed by atoms with Gasteiger partial charge in [0.15, 0.2) is 29.1 Å². The van der Waals surface area contributed by atoms with E-state index in [0.717, 1.165) is 4.68 Å². The fourth-order valence-electron chi connectivity index (χ4n) is 2.59. The van der Waals surface area contributed by atoms with Gasteiger partial charge in [-0.1, -0.05) is 12.8 Å². The zero-order valence-electron chi connectivity index (χ0n) is 15.9. The van der Waals surface area contributed by atoms with E-state index in [1.165, 1.54) is 0 Å². The van der Waals surface area contributed by atoms with Gasteiger partial charge in [0.1, 0.15) is 6.54 Å². The molecule has 0 aliphatic rings. The summed E-state index contributed by atoms with van der Waals surface area (Å²) >= 11 is 0. The van der Waals surface area contributed by atoms with Crippen LogP contribution in [0, 0.1) is 29.1 Å². The number of nitrogens with zero attached hydrogens (tertiary/aromatic N) is 4. The van der Waals surface area contributed by atoms with Crippen molar-refractivity contribution >= 4 is 25.4 Å². The minimum atomic E-state index is -2.29. The SMILES string of the molecule is Cl.NC(CCCCB(O)O)c1nnnn1CC(=O)NCc1c(F)c(F)c(F)c(F)c1F. The van der Waals surface area contributed by atoms with Gasteiger partial charge >= 0.3 is 7.12 Å². The van der Waals surface area contributed by atoms with Crippen LogP contribution in [0.1, 0.15) is 36.7 Å². The summed E-state index contributed by atoms with van der Waals surface area (Å²) in [6, 6.07) is -0.682. The minimum Gasteiger partial charge on any atom is -0.427 e. The number of rotatable bonds is 10. The first kappa shape index (κ1) is 26.7. The summed E-state index contributed by atoms with van der Waals surface area (Å²) in [6.07, 6.45) is 1.55. The standard InChI is InChI=1S/C15H18BF5N6O3.ClH/c17-10-7(11(18)13(20)14(21)12(10)19)5-23-9(28)6-27-15(24-25-26-27)8(22)3-1-2-4-16(29)30;/h8,29-30H,1-6,22H2,(H,23,28);1H. The van der Waals surface area contributed by atoms with Crippen LogP contribution in [0.4, 0.5) is 22.0 Å². The largest absolute Gasteiger partial charge is 0.451 e. The van der Waals surface area contributed by atoms with Crippen molar-refractivity contribution in [3.63, 3.8) is 0 Å². The molecule has 0 bridgehead atoms. The van der Waals surface area contributed by atoms with Gasteiger partial charge in [-0.3, -0.25) is 4.79 Å². The van der Waals surface area contributed by atoms with Gasteiger partial charge in [0.25, 0.3) is 0 Å². The van der Waals surface area contributed by atoms with Gasteiger partial charge in [-0.15, -0.1) is 17.5 Å². The highest BCUT2D eigenvalue weighted by Gasteiger charge is 2.26. The third kappa shape index (κ3) is 6.82. The molecule has 0 saturated heterocycles. The summed E-state index contributed by atoms with van der Waals surface area (Å²) in [4.78, 5) is 12.0. The van der Waals surface area contributed by atoms with Gasteiger partial charge in [0, 0.05) is 12.1 Å². The predicted octanol–water partition coefficient (Wildman–Crippen LogP) is 0.750. The number of halogens is 6. The van der Waals surface area contributed by atoms with E-state index in [4.69, 9.17) is 15.8 Å². The van der Waals surface area contributed by atoms with Crippen LogP contribution >= 0.6 is 12.4 Å². The van der Waals surface area contributed by atoms with Gasteiger partial charge in [-0.05, 0) is 23.2 Å². The van der Waals surface area contributed by atoms with Crippen LogP contribution in [-0.4, -0.2) is 43.3 Å². The fourth-order valence-corrected chi connectivity index (χ4v) is 2.59. The lowest BCUT2D eigenvalue weighted by molar-refractivity contribution is -0.122. The Kier molecular flexibility index (Phi) is 10.2. The Morgan fingerprint density at radius 1 is 1.06 bits per heavy atom. The van der Waals surface area contributed by atoms with Crippen molar-refractivity contribution in [2.45, 2.75) is 44.7 Å². The number of unbranched alkanes of at least 4 members (excludes halogenated alkanes) is 1. The second-order valence-electron chi connectivity index (χ2n) is 6.39. The van der Waals surface area contributed by atoms with Gasteiger partial charge < -0.3 is 21.1 Å². The van der Waals surface area contributed by atoms with Gasteiger partial charge in [0.2, 0.25) is 11.7 Å². The van der Waals surface area contributed by atoms with E-state index in [9.17, 15) is 26.7 Å². The van der Waals surface area contributed by atoms with Crippen LogP contribution in [0.15, 0.2) is 0 Å². The maximum Gasteiger partial charge on any atom is 0.451 e. The first-order valence-corrected chi connectivity index (χ1v) is 8.78. The molecule has 1 heterocycles. The first-order chi connectivity index (χ1) is 14.1. The summed E-state index contributed by atoms with van der Waals surface area (Å²) in [5, 5.41) is 30.3. The average Bonchev–Trinajstić information content (AvgIpc) is 3.16. The molecule has 1 aromatic carbocycles. The summed E-state index contributed by atoms with van der Waals surface area (Å²) in [5.74, 6) is -11.3. The lowest BCUT2D eigenvalue weighted by atomic mass is 9.83. The molecule has 0 spiro atoms. The Labute approximate surface area is 179 Å². The molecular formula is C15H19BClF5N6O3. The van der Waals surface area contributed by atoms with Crippen molar-refractivity contribution in [2.75, 3.05) is 0 Å². The van der Waals surface area contributed by atoms with Crippen LogP contribution < -0.4 is 11.1 Å². The highest BCUT2D eigenvalue weighted by molar-refractivity contribution is 6.40. The third-order valence-electron chi connectivity index (χ3n) is 4.18. The molecule has 31 heavy (non-hydrogen) atoms. The van der Waals surface area contributed by atoms with Crippen LogP contribution in [0.2, 0.25) is 6.32 Å². The van der Waals surface area contributed by atoms with E-state index in [1.807, 2.05) is 5.32 Å². The molecule has 16 heteroatoms. The second-order valence-corrected chi connectivity index (χ2v) is 6.39. The number of hydrogen-bond acceptors (Lipinski definition) is 7. The number of aromatic nitrogens is 4.